The van der Waals surface area contributed by atoms with E-state index < -0.39 is 35.1 Å². The normalized spacial score (nSPS) is 17.4. The number of furan rings is 1. The Labute approximate surface area is 197 Å². The molecule has 1 amide bonds. The number of ketones is 1. The van der Waals surface area contributed by atoms with E-state index in [9.17, 15) is 23.5 Å². The minimum atomic E-state index is -1.27. The number of carbonyl (C=O) groups excluding carboxylic acids is 2. The van der Waals surface area contributed by atoms with Crippen LogP contribution < -0.4 is 14.4 Å². The second-order valence-corrected chi connectivity index (χ2v) is 7.81. The zero-order chi connectivity index (χ0) is 24.7. The average Bonchev–Trinajstić information content (AvgIpc) is 3.35. The van der Waals surface area contributed by atoms with E-state index in [4.69, 9.17) is 25.5 Å². The number of hydrogen-bond acceptors (Lipinski definition) is 6. The highest BCUT2D eigenvalue weighted by Crippen LogP contribution is 2.45. The number of benzene rings is 2. The van der Waals surface area contributed by atoms with Crippen LogP contribution >= 0.6 is 11.6 Å². The minimum absolute atomic E-state index is 0.0281. The summed E-state index contributed by atoms with van der Waals surface area (Å²) in [5.74, 6) is -4.15. The number of amides is 1. The molecule has 1 N–H and O–H groups in total. The third-order valence-corrected chi connectivity index (χ3v) is 5.68. The first-order valence-corrected chi connectivity index (χ1v) is 10.3. The van der Waals surface area contributed by atoms with Gasteiger partial charge in [0.05, 0.1) is 30.4 Å². The van der Waals surface area contributed by atoms with E-state index in [1.807, 2.05) is 0 Å². The summed E-state index contributed by atoms with van der Waals surface area (Å²) in [6.07, 6.45) is 0. The van der Waals surface area contributed by atoms with Crippen LogP contribution in [0.25, 0.3) is 5.76 Å². The molecule has 1 aliphatic heterocycles. The smallest absolute Gasteiger partial charge is 0.300 e. The van der Waals surface area contributed by atoms with Crippen LogP contribution in [-0.4, -0.2) is 31.0 Å². The Morgan fingerprint density at radius 3 is 2.32 bits per heavy atom. The minimum Gasteiger partial charge on any atom is -0.507 e. The van der Waals surface area contributed by atoms with Gasteiger partial charge in [-0.1, -0.05) is 11.6 Å². The van der Waals surface area contributed by atoms with E-state index in [1.54, 1.807) is 13.0 Å². The number of aliphatic hydroxyl groups is 1. The maximum absolute atomic E-state index is 14.0. The van der Waals surface area contributed by atoms with Crippen LogP contribution in [0.4, 0.5) is 14.5 Å². The molecule has 0 spiro atoms. The molecule has 2 aromatic carbocycles. The van der Waals surface area contributed by atoms with Crippen molar-refractivity contribution in [1.82, 2.24) is 0 Å². The van der Waals surface area contributed by atoms with Crippen LogP contribution in [0.5, 0.6) is 11.5 Å². The van der Waals surface area contributed by atoms with Gasteiger partial charge in [0.1, 0.15) is 34.8 Å². The summed E-state index contributed by atoms with van der Waals surface area (Å²) in [5, 5.41) is 11.4. The second kappa shape index (κ2) is 8.83. The molecule has 0 radical (unpaired) electrons. The molecule has 176 valence electrons. The van der Waals surface area contributed by atoms with E-state index in [0.717, 1.165) is 23.1 Å². The van der Waals surface area contributed by atoms with Gasteiger partial charge in [0.15, 0.2) is 11.6 Å². The number of ether oxygens (including phenoxy) is 2. The zero-order valence-electron chi connectivity index (χ0n) is 18.2. The quantitative estimate of drug-likeness (QED) is 0.302. The monoisotopic (exact) mass is 489 g/mol. The summed E-state index contributed by atoms with van der Waals surface area (Å²) >= 11 is 6.14. The Kier molecular flexibility index (Phi) is 6.05. The van der Waals surface area contributed by atoms with Crippen molar-refractivity contribution in [2.75, 3.05) is 19.1 Å². The number of hydrogen-bond donors (Lipinski definition) is 1. The van der Waals surface area contributed by atoms with Gasteiger partial charge in [-0.25, -0.2) is 8.78 Å². The standard InChI is InChI=1S/C24H18ClF2NO6/c1-11-4-7-17(34-11)21-20(22(29)13-9-19(33-3)14(25)10-18(13)32-2)23(30)24(31)28(21)12-5-6-15(26)16(27)8-12/h4-10,21,29H,1-3H3/b22-20+. The van der Waals surface area contributed by atoms with Crippen molar-refractivity contribution in [3.63, 3.8) is 0 Å². The highest BCUT2D eigenvalue weighted by Gasteiger charge is 2.49. The third-order valence-electron chi connectivity index (χ3n) is 5.39. The van der Waals surface area contributed by atoms with Gasteiger partial charge in [-0.05, 0) is 37.3 Å². The maximum Gasteiger partial charge on any atom is 0.300 e. The van der Waals surface area contributed by atoms with Crippen molar-refractivity contribution in [1.29, 1.82) is 0 Å². The van der Waals surface area contributed by atoms with Crippen molar-refractivity contribution in [2.24, 2.45) is 0 Å². The molecule has 3 aromatic rings. The lowest BCUT2D eigenvalue weighted by atomic mass is 9.98. The Morgan fingerprint density at radius 2 is 1.74 bits per heavy atom. The number of carbonyl (C=O) groups is 2. The first-order valence-electron chi connectivity index (χ1n) is 9.92. The summed E-state index contributed by atoms with van der Waals surface area (Å²) in [4.78, 5) is 27.2. The fourth-order valence-corrected chi connectivity index (χ4v) is 4.02. The zero-order valence-corrected chi connectivity index (χ0v) is 18.9. The molecular formula is C24H18ClF2NO6. The molecule has 0 saturated carbocycles. The summed E-state index contributed by atoms with van der Waals surface area (Å²) < 4.78 is 43.7. The molecular weight excluding hydrogens is 472 g/mol. The number of anilines is 1. The molecule has 1 atom stereocenters. The Hall–Kier alpha value is -3.85. The molecule has 4 rings (SSSR count). The highest BCUT2D eigenvalue weighted by atomic mass is 35.5. The molecule has 1 unspecified atom stereocenters. The van der Waals surface area contributed by atoms with Crippen LogP contribution in [-0.2, 0) is 9.59 Å². The van der Waals surface area contributed by atoms with Gasteiger partial charge < -0.3 is 19.0 Å². The Morgan fingerprint density at radius 1 is 1.03 bits per heavy atom. The molecule has 1 aromatic heterocycles. The highest BCUT2D eigenvalue weighted by molar-refractivity contribution is 6.51. The summed E-state index contributed by atoms with van der Waals surface area (Å²) in [6.45, 7) is 1.65. The van der Waals surface area contributed by atoms with Gasteiger partial charge in [-0.2, -0.15) is 0 Å². The topological polar surface area (TPSA) is 89.2 Å². The van der Waals surface area contributed by atoms with Crippen LogP contribution in [0.1, 0.15) is 23.1 Å². The molecule has 34 heavy (non-hydrogen) atoms. The number of Topliss-reactive ketones (excluding diaryl/α,β-unsaturated/α-hetero) is 1. The number of halogens is 3. The molecule has 0 aliphatic carbocycles. The van der Waals surface area contributed by atoms with Crippen molar-refractivity contribution >= 4 is 34.7 Å². The predicted molar refractivity (Wildman–Crippen MR) is 119 cm³/mol. The van der Waals surface area contributed by atoms with Crippen LogP contribution in [0, 0.1) is 18.6 Å². The van der Waals surface area contributed by atoms with Gasteiger partial charge in [0.2, 0.25) is 0 Å². The van der Waals surface area contributed by atoms with Gasteiger partial charge in [0.25, 0.3) is 11.7 Å². The molecule has 2 heterocycles. The molecule has 1 aliphatic rings. The number of nitrogens with zero attached hydrogens (tertiary/aromatic N) is 1. The van der Waals surface area contributed by atoms with Crippen molar-refractivity contribution in [2.45, 2.75) is 13.0 Å². The molecule has 0 bridgehead atoms. The lowest BCUT2D eigenvalue weighted by Crippen LogP contribution is -2.29. The van der Waals surface area contributed by atoms with Crippen molar-refractivity contribution in [3.05, 3.63) is 81.8 Å². The summed E-state index contributed by atoms with van der Waals surface area (Å²) in [6, 6.07) is 7.36. The van der Waals surface area contributed by atoms with Gasteiger partial charge >= 0.3 is 0 Å². The van der Waals surface area contributed by atoms with E-state index in [-0.39, 0.29) is 39.1 Å². The summed E-state index contributed by atoms with van der Waals surface area (Å²) in [5.41, 5.74) is -0.410. The average molecular weight is 490 g/mol. The maximum atomic E-state index is 14.0. The van der Waals surface area contributed by atoms with Gasteiger partial charge in [-0.3, -0.25) is 14.5 Å². The first-order chi connectivity index (χ1) is 16.2. The molecule has 7 nitrogen and oxygen atoms in total. The van der Waals surface area contributed by atoms with Crippen LogP contribution in [0.15, 0.2) is 52.5 Å². The Balaban J connectivity index is 1.99. The SMILES string of the molecule is COc1cc(/C(O)=C2\C(=O)C(=O)N(c3ccc(F)c(F)c3)C2c2ccc(C)o2)c(OC)cc1Cl. The van der Waals surface area contributed by atoms with Crippen LogP contribution in [0.3, 0.4) is 0 Å². The molecule has 1 saturated heterocycles. The van der Waals surface area contributed by atoms with Crippen molar-refractivity contribution < 1.29 is 37.4 Å². The fourth-order valence-electron chi connectivity index (χ4n) is 3.79. The van der Waals surface area contributed by atoms with Gasteiger partial charge in [0, 0.05) is 17.8 Å². The lowest BCUT2D eigenvalue weighted by Gasteiger charge is -2.23. The molecule has 1 fully saturated rings. The predicted octanol–water partition coefficient (Wildman–Crippen LogP) is 5.16. The first kappa shape index (κ1) is 23.3. The number of aryl methyl sites for hydroxylation is 1. The molecule has 10 heteroatoms. The number of aliphatic hydroxyl groups excluding tert-OH is 1. The van der Waals surface area contributed by atoms with Crippen molar-refractivity contribution in [3.8, 4) is 11.5 Å². The summed E-state index contributed by atoms with van der Waals surface area (Å²) in [7, 11) is 2.70. The Bertz CT molecular complexity index is 1350. The van der Waals surface area contributed by atoms with E-state index >= 15 is 0 Å². The fraction of sp³-hybridized carbons (Fsp3) is 0.167. The van der Waals surface area contributed by atoms with E-state index in [0.29, 0.717) is 5.76 Å². The third kappa shape index (κ3) is 3.77. The number of methoxy groups -OCH3 is 2. The van der Waals surface area contributed by atoms with E-state index in [2.05, 4.69) is 0 Å². The second-order valence-electron chi connectivity index (χ2n) is 7.40. The number of rotatable bonds is 5. The largest absolute Gasteiger partial charge is 0.507 e. The lowest BCUT2D eigenvalue weighted by molar-refractivity contribution is -0.132. The van der Waals surface area contributed by atoms with E-state index in [1.165, 1.54) is 32.4 Å². The van der Waals surface area contributed by atoms with Crippen LogP contribution in [0.2, 0.25) is 5.02 Å². The van der Waals surface area contributed by atoms with Gasteiger partial charge in [-0.15, -0.1) is 0 Å².